The van der Waals surface area contributed by atoms with Crippen molar-refractivity contribution in [1.82, 2.24) is 5.32 Å². The van der Waals surface area contributed by atoms with Gasteiger partial charge in [0.15, 0.2) is 0 Å². The van der Waals surface area contributed by atoms with E-state index in [1.165, 1.54) is 0 Å². The van der Waals surface area contributed by atoms with Gasteiger partial charge in [-0.25, -0.2) is 0 Å². The van der Waals surface area contributed by atoms with E-state index in [1.54, 1.807) is 0 Å². The molecule has 104 valence electrons. The van der Waals surface area contributed by atoms with Crippen LogP contribution in [0, 0.1) is 5.41 Å². The van der Waals surface area contributed by atoms with Crippen molar-refractivity contribution in [3.05, 3.63) is 29.3 Å². The molecule has 2 rings (SSSR count). The lowest BCUT2D eigenvalue weighted by molar-refractivity contribution is -0.250. The monoisotopic (exact) mass is 264 g/mol. The fourth-order valence-corrected chi connectivity index (χ4v) is 2.31. The minimum Gasteiger partial charge on any atom is -0.493 e. The number of hydrogen-bond acceptors (Lipinski definition) is 4. The Morgan fingerprint density at radius 2 is 1.79 bits per heavy atom. The Hall–Kier alpha value is -1.59. The molecule has 1 aromatic rings. The molecule has 5 heteroatoms. The third-order valence-electron chi connectivity index (χ3n) is 2.91. The van der Waals surface area contributed by atoms with Crippen LogP contribution in [0.15, 0.2) is 18.2 Å². The topological polar surface area (TPSA) is 63.6 Å². The normalized spacial score (nSPS) is 16.1. The molecule has 1 aliphatic heterocycles. The molecule has 0 radical (unpaired) electrons. The lowest BCUT2D eigenvalue weighted by Crippen LogP contribution is -2.44. The minimum atomic E-state index is -1.11. The smallest absolute Gasteiger partial charge is 0.283 e. The maximum Gasteiger partial charge on any atom is 0.283 e. The van der Waals surface area contributed by atoms with Crippen LogP contribution in [-0.2, 0) is 15.4 Å². The van der Waals surface area contributed by atoms with Crippen LogP contribution < -0.4 is 10.1 Å². The van der Waals surface area contributed by atoms with Crippen LogP contribution in [0.4, 0.5) is 0 Å². The molecule has 0 bridgehead atoms. The summed E-state index contributed by atoms with van der Waals surface area (Å²) >= 11 is 0. The number of fused-ring (bicyclic) bond motifs is 1. The number of rotatable bonds is 6. The first kappa shape index (κ1) is 13.8. The van der Waals surface area contributed by atoms with Gasteiger partial charge in [-0.2, -0.15) is 0 Å². The molecule has 5 nitrogen and oxygen atoms in total. The van der Waals surface area contributed by atoms with Gasteiger partial charge >= 0.3 is 0 Å². The maximum absolute atomic E-state index is 8.05. The predicted octanol–water partition coefficient (Wildman–Crippen LogP) is 2.20. The summed E-state index contributed by atoms with van der Waals surface area (Å²) in [6, 6.07) is 5.61. The van der Waals surface area contributed by atoms with Crippen LogP contribution >= 0.6 is 0 Å². The van der Waals surface area contributed by atoms with Gasteiger partial charge in [0.25, 0.3) is 5.91 Å². The number of hydrogen-bond donors (Lipinski definition) is 2. The molecule has 0 spiro atoms. The fourth-order valence-electron chi connectivity index (χ4n) is 2.31. The molecule has 0 aliphatic carbocycles. The second-order valence-corrected chi connectivity index (χ2v) is 4.09. The van der Waals surface area contributed by atoms with Crippen molar-refractivity contribution in [2.45, 2.75) is 26.7 Å². The summed E-state index contributed by atoms with van der Waals surface area (Å²) in [5.74, 6) is -0.128. The van der Waals surface area contributed by atoms with Crippen molar-refractivity contribution in [3.63, 3.8) is 0 Å². The molecule has 0 saturated carbocycles. The van der Waals surface area contributed by atoms with Gasteiger partial charge in [-0.1, -0.05) is 12.1 Å². The third-order valence-corrected chi connectivity index (χ3v) is 2.91. The lowest BCUT2D eigenvalue weighted by atomic mass is 10.1. The largest absolute Gasteiger partial charge is 0.493 e. The SMILES string of the molecule is CCOc1cccc2c1C(OCC)(OCC)NC2=N. The van der Waals surface area contributed by atoms with Crippen molar-refractivity contribution in [3.8, 4) is 5.75 Å². The van der Waals surface area contributed by atoms with Crippen LogP contribution in [0.2, 0.25) is 0 Å². The Kier molecular flexibility index (Phi) is 4.07. The molecule has 0 unspecified atom stereocenters. The second-order valence-electron chi connectivity index (χ2n) is 4.09. The highest BCUT2D eigenvalue weighted by Crippen LogP contribution is 2.39. The average Bonchev–Trinajstić information content (AvgIpc) is 2.65. The Labute approximate surface area is 113 Å². The van der Waals surface area contributed by atoms with Crippen molar-refractivity contribution in [2.75, 3.05) is 19.8 Å². The summed E-state index contributed by atoms with van der Waals surface area (Å²) in [6.45, 7) is 7.22. The molecule has 1 heterocycles. The molecular formula is C14H20N2O3. The summed E-state index contributed by atoms with van der Waals surface area (Å²) in [5, 5.41) is 11.0. The van der Waals surface area contributed by atoms with Gasteiger partial charge in [0.05, 0.1) is 12.2 Å². The van der Waals surface area contributed by atoms with Crippen molar-refractivity contribution >= 4 is 5.84 Å². The van der Waals surface area contributed by atoms with Gasteiger partial charge < -0.3 is 19.5 Å². The van der Waals surface area contributed by atoms with E-state index in [0.717, 1.165) is 11.1 Å². The van der Waals surface area contributed by atoms with E-state index in [9.17, 15) is 0 Å². The summed E-state index contributed by atoms with van der Waals surface area (Å²) in [5.41, 5.74) is 1.51. The first-order valence-corrected chi connectivity index (χ1v) is 6.59. The molecule has 1 aromatic carbocycles. The highest BCUT2D eigenvalue weighted by molar-refractivity contribution is 6.02. The van der Waals surface area contributed by atoms with Crippen molar-refractivity contribution in [2.24, 2.45) is 0 Å². The highest BCUT2D eigenvalue weighted by Gasteiger charge is 2.46. The summed E-state index contributed by atoms with van der Waals surface area (Å²) in [6.07, 6.45) is 0. The molecule has 0 amide bonds. The van der Waals surface area contributed by atoms with Crippen LogP contribution in [0.5, 0.6) is 5.75 Å². The third kappa shape index (κ3) is 2.31. The summed E-state index contributed by atoms with van der Waals surface area (Å²) < 4.78 is 17.2. The van der Waals surface area contributed by atoms with E-state index >= 15 is 0 Å². The van der Waals surface area contributed by atoms with E-state index in [2.05, 4.69) is 5.32 Å². The van der Waals surface area contributed by atoms with Crippen molar-refractivity contribution in [1.29, 1.82) is 5.41 Å². The van der Waals surface area contributed by atoms with Crippen LogP contribution in [0.1, 0.15) is 31.9 Å². The molecule has 19 heavy (non-hydrogen) atoms. The minimum absolute atomic E-state index is 0.290. The first-order valence-electron chi connectivity index (χ1n) is 6.59. The number of amidine groups is 1. The van der Waals surface area contributed by atoms with Gasteiger partial charge in [-0.05, 0) is 26.8 Å². The number of benzene rings is 1. The molecule has 2 N–H and O–H groups in total. The van der Waals surface area contributed by atoms with Crippen molar-refractivity contribution < 1.29 is 14.2 Å². The molecular weight excluding hydrogens is 244 g/mol. The first-order chi connectivity index (χ1) is 9.18. The standard InChI is InChI=1S/C14H20N2O3/c1-4-17-11-9-7-8-10-12(11)14(18-5-2,19-6-3)16-13(10)15/h7-9H,4-6H2,1-3H3,(H2,15,16). The van der Waals surface area contributed by atoms with Gasteiger partial charge in [-0.15, -0.1) is 0 Å². The zero-order valence-corrected chi connectivity index (χ0v) is 11.6. The quantitative estimate of drug-likeness (QED) is 0.773. The molecule has 0 aromatic heterocycles. The predicted molar refractivity (Wildman–Crippen MR) is 72.5 cm³/mol. The Morgan fingerprint density at radius 1 is 1.11 bits per heavy atom. The van der Waals surface area contributed by atoms with Crippen LogP contribution in [0.25, 0.3) is 0 Å². The number of ether oxygens (including phenoxy) is 3. The van der Waals surface area contributed by atoms with Crippen LogP contribution in [-0.4, -0.2) is 25.7 Å². The maximum atomic E-state index is 8.05. The van der Waals surface area contributed by atoms with Gasteiger partial charge in [-0.3, -0.25) is 5.41 Å². The molecule has 0 atom stereocenters. The van der Waals surface area contributed by atoms with Gasteiger partial charge in [0.1, 0.15) is 11.6 Å². The van der Waals surface area contributed by atoms with E-state index in [4.69, 9.17) is 19.6 Å². The Bertz CT molecular complexity index is 468. The van der Waals surface area contributed by atoms with Crippen LogP contribution in [0.3, 0.4) is 0 Å². The van der Waals surface area contributed by atoms with E-state index < -0.39 is 5.91 Å². The fraction of sp³-hybridized carbons (Fsp3) is 0.500. The van der Waals surface area contributed by atoms with E-state index in [1.807, 2.05) is 39.0 Å². The average molecular weight is 264 g/mol. The summed E-state index contributed by atoms with van der Waals surface area (Å²) in [4.78, 5) is 0. The molecule has 0 saturated heterocycles. The zero-order chi connectivity index (χ0) is 13.9. The Morgan fingerprint density at radius 3 is 2.37 bits per heavy atom. The lowest BCUT2D eigenvalue weighted by Gasteiger charge is -2.30. The zero-order valence-electron chi connectivity index (χ0n) is 11.6. The molecule has 0 fully saturated rings. The van der Waals surface area contributed by atoms with E-state index in [0.29, 0.717) is 31.4 Å². The summed E-state index contributed by atoms with van der Waals surface area (Å²) in [7, 11) is 0. The number of nitrogens with one attached hydrogen (secondary N) is 2. The Balaban J connectivity index is 2.55. The second kappa shape index (κ2) is 5.59. The van der Waals surface area contributed by atoms with Gasteiger partial charge in [0, 0.05) is 18.8 Å². The van der Waals surface area contributed by atoms with Gasteiger partial charge in [0.2, 0.25) is 0 Å². The molecule has 1 aliphatic rings. The van der Waals surface area contributed by atoms with E-state index in [-0.39, 0.29) is 0 Å². The highest BCUT2D eigenvalue weighted by atomic mass is 16.7.